The molecule has 0 aromatic heterocycles. The summed E-state index contributed by atoms with van der Waals surface area (Å²) in [4.78, 5) is 13.5. The first kappa shape index (κ1) is 12.9. The number of hydrogen-bond acceptors (Lipinski definition) is 4. The molecular formula is C15H13NO3. The van der Waals surface area contributed by atoms with Gasteiger partial charge in [0.25, 0.3) is 0 Å². The van der Waals surface area contributed by atoms with Gasteiger partial charge < -0.3 is 9.84 Å². The number of hydrogen-bond donors (Lipinski definition) is 1. The summed E-state index contributed by atoms with van der Waals surface area (Å²) >= 11 is 0. The third kappa shape index (κ3) is 3.44. The predicted molar refractivity (Wildman–Crippen MR) is 70.7 cm³/mol. The van der Waals surface area contributed by atoms with Crippen molar-refractivity contribution in [1.29, 1.82) is 0 Å². The molecule has 0 atom stereocenters. The molecule has 2 rings (SSSR count). The first-order valence-electron chi connectivity index (χ1n) is 5.82. The Kier molecular flexibility index (Phi) is 4.32. The molecule has 2 aromatic rings. The van der Waals surface area contributed by atoms with Crippen LogP contribution >= 0.6 is 0 Å². The van der Waals surface area contributed by atoms with Crippen molar-refractivity contribution in [3.05, 3.63) is 59.7 Å². The van der Waals surface area contributed by atoms with Crippen LogP contribution in [0.1, 0.15) is 11.1 Å². The molecule has 0 saturated carbocycles. The van der Waals surface area contributed by atoms with E-state index in [-0.39, 0.29) is 12.3 Å². The van der Waals surface area contributed by atoms with Crippen LogP contribution in [0.2, 0.25) is 0 Å². The second kappa shape index (κ2) is 6.38. The number of aromatic hydroxyl groups is 1. The Labute approximate surface area is 111 Å². The number of carbonyl (C=O) groups excluding carboxylic acids is 1. The average Bonchev–Trinajstić information content (AvgIpc) is 2.46. The number of ether oxygens (including phenoxy) is 1. The molecule has 0 spiro atoms. The van der Waals surface area contributed by atoms with Crippen molar-refractivity contribution in [3.8, 4) is 11.5 Å². The van der Waals surface area contributed by atoms with Crippen LogP contribution in [0.5, 0.6) is 11.5 Å². The van der Waals surface area contributed by atoms with Gasteiger partial charge in [0.05, 0.1) is 6.54 Å². The smallest absolute Gasteiger partial charge is 0.235 e. The number of phenolic OH excluding ortho intramolecular Hbond substituents is 1. The van der Waals surface area contributed by atoms with E-state index in [1.807, 2.05) is 30.3 Å². The number of benzene rings is 2. The maximum atomic E-state index is 10.1. The van der Waals surface area contributed by atoms with Gasteiger partial charge in [0.2, 0.25) is 6.08 Å². The van der Waals surface area contributed by atoms with E-state index in [0.29, 0.717) is 17.9 Å². The van der Waals surface area contributed by atoms with E-state index in [0.717, 1.165) is 5.56 Å². The summed E-state index contributed by atoms with van der Waals surface area (Å²) in [7, 11) is 0. The Bertz CT molecular complexity index is 590. The Balaban J connectivity index is 2.10. The summed E-state index contributed by atoms with van der Waals surface area (Å²) in [6.45, 7) is 0.465. The highest BCUT2D eigenvalue weighted by Crippen LogP contribution is 2.30. The zero-order valence-electron chi connectivity index (χ0n) is 10.2. The number of rotatable bonds is 5. The minimum atomic E-state index is 0.0115. The minimum absolute atomic E-state index is 0.0115. The van der Waals surface area contributed by atoms with Gasteiger partial charge in [0.15, 0.2) is 11.5 Å². The summed E-state index contributed by atoms with van der Waals surface area (Å²) in [5, 5.41) is 9.98. The van der Waals surface area contributed by atoms with Crippen LogP contribution in [0.25, 0.3) is 0 Å². The molecule has 0 heterocycles. The van der Waals surface area contributed by atoms with Crippen LogP contribution in [-0.2, 0) is 17.9 Å². The van der Waals surface area contributed by atoms with E-state index in [4.69, 9.17) is 4.74 Å². The maximum Gasteiger partial charge on any atom is 0.235 e. The van der Waals surface area contributed by atoms with Crippen molar-refractivity contribution in [2.75, 3.05) is 0 Å². The van der Waals surface area contributed by atoms with Gasteiger partial charge in [-0.25, -0.2) is 9.79 Å². The third-order valence-corrected chi connectivity index (χ3v) is 2.63. The van der Waals surface area contributed by atoms with E-state index in [1.165, 1.54) is 6.08 Å². The predicted octanol–water partition coefficient (Wildman–Crippen LogP) is 2.81. The third-order valence-electron chi connectivity index (χ3n) is 2.63. The number of nitrogens with zero attached hydrogens (tertiary/aromatic N) is 1. The summed E-state index contributed by atoms with van der Waals surface area (Å²) in [6, 6.07) is 14.8. The van der Waals surface area contributed by atoms with E-state index in [9.17, 15) is 9.90 Å². The lowest BCUT2D eigenvalue weighted by Crippen LogP contribution is -1.96. The maximum absolute atomic E-state index is 10.1. The Hall–Kier alpha value is -2.58. The molecule has 0 fully saturated rings. The summed E-state index contributed by atoms with van der Waals surface area (Å²) in [6.07, 6.45) is 1.44. The lowest BCUT2D eigenvalue weighted by molar-refractivity contribution is 0.288. The fourth-order valence-corrected chi connectivity index (χ4v) is 1.66. The molecule has 19 heavy (non-hydrogen) atoms. The van der Waals surface area contributed by atoms with Crippen molar-refractivity contribution in [2.24, 2.45) is 4.99 Å². The number of para-hydroxylation sites is 1. The van der Waals surface area contributed by atoms with Gasteiger partial charge in [-0.1, -0.05) is 42.5 Å². The first-order chi connectivity index (χ1) is 9.31. The van der Waals surface area contributed by atoms with Crippen LogP contribution in [0.4, 0.5) is 0 Å². The lowest BCUT2D eigenvalue weighted by atomic mass is 10.2. The molecule has 0 aliphatic rings. The van der Waals surface area contributed by atoms with Gasteiger partial charge in [0.1, 0.15) is 6.61 Å². The van der Waals surface area contributed by atoms with Crippen LogP contribution < -0.4 is 4.74 Å². The van der Waals surface area contributed by atoms with E-state index in [2.05, 4.69) is 4.99 Å². The molecule has 0 aliphatic heterocycles. The number of phenols is 1. The summed E-state index contributed by atoms with van der Waals surface area (Å²) < 4.78 is 5.55. The second-order valence-electron chi connectivity index (χ2n) is 3.95. The lowest BCUT2D eigenvalue weighted by Gasteiger charge is -2.10. The van der Waals surface area contributed by atoms with Crippen molar-refractivity contribution < 1.29 is 14.6 Å². The van der Waals surface area contributed by atoms with E-state index in [1.54, 1.807) is 18.2 Å². The molecule has 2 aromatic carbocycles. The zero-order chi connectivity index (χ0) is 13.5. The van der Waals surface area contributed by atoms with Crippen LogP contribution in [0, 0.1) is 0 Å². The topological polar surface area (TPSA) is 58.9 Å². The monoisotopic (exact) mass is 255 g/mol. The number of aliphatic imine (C=N–C) groups is 1. The van der Waals surface area contributed by atoms with Gasteiger partial charge in [-0.2, -0.15) is 0 Å². The SMILES string of the molecule is O=C=NCc1cccc(OCc2ccccc2)c1O. The van der Waals surface area contributed by atoms with Crippen molar-refractivity contribution in [1.82, 2.24) is 0 Å². The standard InChI is InChI=1S/C15H13NO3/c17-11-16-9-13-7-4-8-14(15(13)18)19-10-12-5-2-1-3-6-12/h1-8,18H,9-10H2. The molecule has 0 bridgehead atoms. The van der Waals surface area contributed by atoms with Crippen LogP contribution in [-0.4, -0.2) is 11.2 Å². The molecule has 0 aliphatic carbocycles. The molecule has 4 nitrogen and oxygen atoms in total. The molecule has 0 saturated heterocycles. The average molecular weight is 255 g/mol. The van der Waals surface area contributed by atoms with E-state index >= 15 is 0 Å². The minimum Gasteiger partial charge on any atom is -0.504 e. The molecule has 0 amide bonds. The highest BCUT2D eigenvalue weighted by atomic mass is 16.5. The van der Waals surface area contributed by atoms with Crippen LogP contribution in [0.15, 0.2) is 53.5 Å². The fourth-order valence-electron chi connectivity index (χ4n) is 1.66. The quantitative estimate of drug-likeness (QED) is 0.660. The van der Waals surface area contributed by atoms with Gasteiger partial charge in [-0.05, 0) is 11.6 Å². The normalized spacial score (nSPS) is 9.68. The largest absolute Gasteiger partial charge is 0.504 e. The number of isocyanates is 1. The Morgan fingerprint density at radius 3 is 2.63 bits per heavy atom. The summed E-state index contributed by atoms with van der Waals surface area (Å²) in [5.41, 5.74) is 1.55. The fraction of sp³-hybridized carbons (Fsp3) is 0.133. The molecule has 1 N–H and O–H groups in total. The summed E-state index contributed by atoms with van der Waals surface area (Å²) in [5.74, 6) is 0.389. The Morgan fingerprint density at radius 2 is 1.89 bits per heavy atom. The molecule has 96 valence electrons. The zero-order valence-corrected chi connectivity index (χ0v) is 10.2. The van der Waals surface area contributed by atoms with Gasteiger partial charge in [-0.15, -0.1) is 0 Å². The highest BCUT2D eigenvalue weighted by molar-refractivity contribution is 5.46. The van der Waals surface area contributed by atoms with Crippen molar-refractivity contribution in [2.45, 2.75) is 13.2 Å². The van der Waals surface area contributed by atoms with E-state index < -0.39 is 0 Å². The van der Waals surface area contributed by atoms with Crippen LogP contribution in [0.3, 0.4) is 0 Å². The highest BCUT2D eigenvalue weighted by Gasteiger charge is 2.07. The van der Waals surface area contributed by atoms with Crippen molar-refractivity contribution >= 4 is 6.08 Å². The molecule has 0 unspecified atom stereocenters. The van der Waals surface area contributed by atoms with Crippen molar-refractivity contribution in [3.63, 3.8) is 0 Å². The molecule has 0 radical (unpaired) electrons. The molecule has 4 heteroatoms. The van der Waals surface area contributed by atoms with Gasteiger partial charge >= 0.3 is 0 Å². The Morgan fingerprint density at radius 1 is 1.11 bits per heavy atom. The van der Waals surface area contributed by atoms with Gasteiger partial charge in [-0.3, -0.25) is 0 Å². The van der Waals surface area contributed by atoms with Gasteiger partial charge in [0, 0.05) is 5.56 Å². The second-order valence-corrected chi connectivity index (χ2v) is 3.95. The first-order valence-corrected chi connectivity index (χ1v) is 5.82. The molecular weight excluding hydrogens is 242 g/mol.